The van der Waals surface area contributed by atoms with Crippen LogP contribution in [0.15, 0.2) is 53.2 Å². The molecule has 0 aliphatic carbocycles. The van der Waals surface area contributed by atoms with E-state index >= 15 is 0 Å². The van der Waals surface area contributed by atoms with Crippen LogP contribution in [0.2, 0.25) is 0 Å². The van der Waals surface area contributed by atoms with Crippen molar-refractivity contribution in [1.29, 1.82) is 0 Å². The first kappa shape index (κ1) is 16.3. The summed E-state index contributed by atoms with van der Waals surface area (Å²) in [5.74, 6) is 2.62. The Labute approximate surface area is 161 Å². The topological polar surface area (TPSA) is 55.5 Å². The molecule has 7 heteroatoms. The second-order valence-electron chi connectivity index (χ2n) is 6.62. The minimum absolute atomic E-state index is 0.321. The van der Waals surface area contributed by atoms with Gasteiger partial charge in [-0.15, -0.1) is 15.3 Å². The molecule has 0 amide bonds. The predicted octanol–water partition coefficient (Wildman–Crippen LogP) is 4.20. The van der Waals surface area contributed by atoms with Gasteiger partial charge in [-0.1, -0.05) is 12.1 Å². The predicted molar refractivity (Wildman–Crippen MR) is 106 cm³/mol. The lowest BCUT2D eigenvalue weighted by molar-refractivity contribution is 0.414. The zero-order valence-electron chi connectivity index (χ0n) is 14.9. The normalized spacial score (nSPS) is 16.9. The zero-order valence-corrected chi connectivity index (χ0v) is 15.8. The summed E-state index contributed by atoms with van der Waals surface area (Å²) in [7, 11) is 1.69. The summed E-state index contributed by atoms with van der Waals surface area (Å²) >= 11 is 1.65. The number of benzene rings is 1. The summed E-state index contributed by atoms with van der Waals surface area (Å²) in [5.41, 5.74) is 3.10. The zero-order chi connectivity index (χ0) is 18.2. The van der Waals surface area contributed by atoms with E-state index in [1.807, 2.05) is 40.2 Å². The van der Waals surface area contributed by atoms with E-state index in [0.717, 1.165) is 48.0 Å². The summed E-state index contributed by atoms with van der Waals surface area (Å²) < 4.78 is 7.14. The average molecular weight is 377 g/mol. The van der Waals surface area contributed by atoms with Crippen molar-refractivity contribution in [3.63, 3.8) is 0 Å². The van der Waals surface area contributed by atoms with Crippen LogP contribution in [0.3, 0.4) is 0 Å². The molecule has 0 bridgehead atoms. The van der Waals surface area contributed by atoms with Gasteiger partial charge in [0, 0.05) is 17.5 Å². The van der Waals surface area contributed by atoms with Crippen LogP contribution in [0.25, 0.3) is 17.0 Å². The van der Waals surface area contributed by atoms with E-state index in [4.69, 9.17) is 9.84 Å². The maximum Gasteiger partial charge on any atom is 0.186 e. The van der Waals surface area contributed by atoms with Gasteiger partial charge in [0.15, 0.2) is 11.5 Å². The Morgan fingerprint density at radius 3 is 2.74 bits per heavy atom. The number of thiophene rings is 1. The van der Waals surface area contributed by atoms with Crippen LogP contribution in [-0.2, 0) is 0 Å². The van der Waals surface area contributed by atoms with Crippen LogP contribution in [0.5, 0.6) is 5.75 Å². The van der Waals surface area contributed by atoms with Gasteiger partial charge in [-0.3, -0.25) is 0 Å². The van der Waals surface area contributed by atoms with Crippen molar-refractivity contribution >= 4 is 22.8 Å². The van der Waals surface area contributed by atoms with Crippen LogP contribution in [0.1, 0.15) is 24.4 Å². The van der Waals surface area contributed by atoms with Crippen molar-refractivity contribution < 1.29 is 4.74 Å². The van der Waals surface area contributed by atoms with Gasteiger partial charge in [0.05, 0.1) is 13.2 Å². The Kier molecular flexibility index (Phi) is 4.01. The van der Waals surface area contributed by atoms with E-state index in [1.165, 1.54) is 5.56 Å². The van der Waals surface area contributed by atoms with Crippen LogP contribution in [-0.4, -0.2) is 33.5 Å². The fourth-order valence-electron chi connectivity index (χ4n) is 3.72. The van der Waals surface area contributed by atoms with Crippen molar-refractivity contribution in [2.75, 3.05) is 18.6 Å². The molecule has 1 fully saturated rings. The van der Waals surface area contributed by atoms with Crippen LogP contribution < -0.4 is 9.64 Å². The number of hydrogen-bond donors (Lipinski definition) is 0. The molecule has 1 atom stereocenters. The third kappa shape index (κ3) is 2.84. The molecule has 4 aromatic rings. The van der Waals surface area contributed by atoms with Gasteiger partial charge in [-0.2, -0.15) is 15.9 Å². The van der Waals surface area contributed by atoms with Crippen molar-refractivity contribution in [2.24, 2.45) is 0 Å². The molecule has 1 aliphatic heterocycles. The lowest BCUT2D eigenvalue weighted by atomic mass is 10.0. The number of methoxy groups -OCH3 is 1. The fraction of sp³-hybridized carbons (Fsp3) is 0.250. The molecule has 0 N–H and O–H groups in total. The highest BCUT2D eigenvalue weighted by atomic mass is 32.1. The van der Waals surface area contributed by atoms with E-state index in [1.54, 1.807) is 18.4 Å². The van der Waals surface area contributed by atoms with E-state index < -0.39 is 0 Å². The SMILES string of the molecule is COc1ccc(C2CCCN2c2ccc3nnc(-c4ccsc4)n3n2)cc1. The summed E-state index contributed by atoms with van der Waals surface area (Å²) in [5, 5.41) is 17.6. The van der Waals surface area contributed by atoms with Crippen molar-refractivity contribution in [1.82, 2.24) is 19.8 Å². The first-order chi connectivity index (χ1) is 13.3. The Morgan fingerprint density at radius 2 is 1.96 bits per heavy atom. The Bertz CT molecular complexity index is 1060. The largest absolute Gasteiger partial charge is 0.497 e. The molecular formula is C20H19N5OS. The molecule has 27 heavy (non-hydrogen) atoms. The standard InChI is InChI=1S/C20H19N5OS/c1-26-16-6-4-14(5-7-16)17-3-2-11-24(17)19-9-8-18-21-22-20(25(18)23-19)15-10-12-27-13-15/h4-10,12-13,17H,2-3,11H2,1H3. The van der Waals surface area contributed by atoms with Gasteiger partial charge >= 0.3 is 0 Å². The summed E-state index contributed by atoms with van der Waals surface area (Å²) in [6, 6.07) is 14.8. The first-order valence-corrected chi connectivity index (χ1v) is 9.93. The van der Waals surface area contributed by atoms with Crippen LogP contribution >= 0.6 is 11.3 Å². The number of ether oxygens (including phenoxy) is 1. The molecule has 3 aromatic heterocycles. The molecule has 1 aliphatic rings. The highest BCUT2D eigenvalue weighted by molar-refractivity contribution is 7.08. The lowest BCUT2D eigenvalue weighted by Crippen LogP contribution is -2.24. The van der Waals surface area contributed by atoms with Gasteiger partial charge in [0.2, 0.25) is 0 Å². The van der Waals surface area contributed by atoms with Gasteiger partial charge in [0.25, 0.3) is 0 Å². The van der Waals surface area contributed by atoms with E-state index in [-0.39, 0.29) is 0 Å². The maximum atomic E-state index is 5.29. The molecule has 5 rings (SSSR count). The van der Waals surface area contributed by atoms with Gasteiger partial charge in [0.1, 0.15) is 11.6 Å². The average Bonchev–Trinajstić information content (AvgIpc) is 3.47. The Balaban J connectivity index is 1.52. The van der Waals surface area contributed by atoms with Gasteiger partial charge in [-0.05, 0) is 54.1 Å². The second kappa shape index (κ2) is 6.66. The molecule has 0 spiro atoms. The summed E-state index contributed by atoms with van der Waals surface area (Å²) in [6.45, 7) is 0.991. The molecular weight excluding hydrogens is 358 g/mol. The van der Waals surface area contributed by atoms with E-state index in [2.05, 4.69) is 32.6 Å². The summed E-state index contributed by atoms with van der Waals surface area (Å²) in [4.78, 5) is 2.37. The molecule has 6 nitrogen and oxygen atoms in total. The molecule has 4 heterocycles. The van der Waals surface area contributed by atoms with E-state index in [9.17, 15) is 0 Å². The molecule has 1 unspecified atom stereocenters. The molecule has 0 radical (unpaired) electrons. The number of nitrogens with zero attached hydrogens (tertiary/aromatic N) is 5. The second-order valence-corrected chi connectivity index (χ2v) is 7.40. The highest BCUT2D eigenvalue weighted by Crippen LogP contribution is 2.36. The smallest absolute Gasteiger partial charge is 0.186 e. The molecule has 1 saturated heterocycles. The van der Waals surface area contributed by atoms with Crippen LogP contribution in [0.4, 0.5) is 5.82 Å². The first-order valence-electron chi connectivity index (χ1n) is 8.99. The Hall–Kier alpha value is -2.93. The van der Waals surface area contributed by atoms with Crippen molar-refractivity contribution in [3.05, 3.63) is 58.8 Å². The molecule has 1 aromatic carbocycles. The Morgan fingerprint density at radius 1 is 1.07 bits per heavy atom. The maximum absolute atomic E-state index is 5.29. The number of aromatic nitrogens is 4. The van der Waals surface area contributed by atoms with Gasteiger partial charge in [-0.25, -0.2) is 0 Å². The number of hydrogen-bond acceptors (Lipinski definition) is 6. The minimum Gasteiger partial charge on any atom is -0.497 e. The minimum atomic E-state index is 0.321. The number of anilines is 1. The van der Waals surface area contributed by atoms with Crippen LogP contribution in [0, 0.1) is 0 Å². The van der Waals surface area contributed by atoms with E-state index in [0.29, 0.717) is 6.04 Å². The third-order valence-corrected chi connectivity index (χ3v) is 5.76. The number of fused-ring (bicyclic) bond motifs is 1. The fourth-order valence-corrected chi connectivity index (χ4v) is 4.35. The quantitative estimate of drug-likeness (QED) is 0.533. The highest BCUT2D eigenvalue weighted by Gasteiger charge is 2.27. The van der Waals surface area contributed by atoms with Crippen molar-refractivity contribution in [3.8, 4) is 17.1 Å². The summed E-state index contributed by atoms with van der Waals surface area (Å²) in [6.07, 6.45) is 2.27. The lowest BCUT2D eigenvalue weighted by Gasteiger charge is -2.26. The molecule has 0 saturated carbocycles. The van der Waals surface area contributed by atoms with Gasteiger partial charge < -0.3 is 9.64 Å². The number of rotatable bonds is 4. The third-order valence-electron chi connectivity index (χ3n) is 5.08. The monoisotopic (exact) mass is 377 g/mol. The van der Waals surface area contributed by atoms with Crippen molar-refractivity contribution in [2.45, 2.75) is 18.9 Å². The molecule has 136 valence electrons.